The highest BCUT2D eigenvalue weighted by Crippen LogP contribution is 2.22. The lowest BCUT2D eigenvalue weighted by Gasteiger charge is -2.33. The van der Waals surface area contributed by atoms with Crippen molar-refractivity contribution in [3.05, 3.63) is 0 Å². The smallest absolute Gasteiger partial charge is 0.0195 e. The number of alkyl halides is 1. The molecule has 0 bridgehead atoms. The summed E-state index contributed by atoms with van der Waals surface area (Å²) in [5.41, 5.74) is 0. The van der Waals surface area contributed by atoms with E-state index in [0.29, 0.717) is 0 Å². The van der Waals surface area contributed by atoms with Crippen LogP contribution in [0, 0.1) is 5.92 Å². The van der Waals surface area contributed by atoms with E-state index in [1.165, 1.54) is 32.5 Å². The lowest BCUT2D eigenvalue weighted by atomic mass is 10.00. The Hall–Kier alpha value is 0.440. The Balaban J connectivity index is 2.28. The fraction of sp³-hybridized carbons (Fsp3) is 1.00. The van der Waals surface area contributed by atoms with Gasteiger partial charge < -0.3 is 4.90 Å². The van der Waals surface area contributed by atoms with Crippen LogP contribution < -0.4 is 0 Å². The van der Waals surface area contributed by atoms with Gasteiger partial charge in [0.05, 0.1) is 0 Å². The molecule has 1 nitrogen and oxygen atoms in total. The summed E-state index contributed by atoms with van der Waals surface area (Å²) >= 11 is 3.71. The van der Waals surface area contributed by atoms with Crippen molar-refractivity contribution in [3.8, 4) is 0 Å². The maximum absolute atomic E-state index is 3.71. The Morgan fingerprint density at radius 2 is 2.27 bits per heavy atom. The molecule has 0 amide bonds. The van der Waals surface area contributed by atoms with Crippen molar-refractivity contribution < 1.29 is 0 Å². The van der Waals surface area contributed by atoms with Gasteiger partial charge >= 0.3 is 0 Å². The minimum atomic E-state index is 0.760. The highest BCUT2D eigenvalue weighted by molar-refractivity contribution is 9.09. The molecule has 2 heteroatoms. The lowest BCUT2D eigenvalue weighted by Crippen LogP contribution is -2.39. The molecule has 0 aromatic rings. The number of hydrogen-bond donors (Lipinski definition) is 0. The second-order valence-electron chi connectivity index (χ2n) is 3.58. The summed E-state index contributed by atoms with van der Waals surface area (Å²) in [4.78, 5) is 3.33. The SMILES string of the molecule is CCCN1CCC(Br)C(C)C1. The van der Waals surface area contributed by atoms with E-state index in [1.54, 1.807) is 0 Å². The molecule has 1 aliphatic rings. The van der Waals surface area contributed by atoms with Gasteiger partial charge in [0.25, 0.3) is 0 Å². The summed E-state index contributed by atoms with van der Waals surface area (Å²) in [6.45, 7) is 8.44. The van der Waals surface area contributed by atoms with Gasteiger partial charge in [-0.2, -0.15) is 0 Å². The predicted octanol–water partition coefficient (Wildman–Crippen LogP) is 2.50. The minimum Gasteiger partial charge on any atom is -0.303 e. The van der Waals surface area contributed by atoms with Gasteiger partial charge in [0.2, 0.25) is 0 Å². The Kier molecular flexibility index (Phi) is 3.86. The average molecular weight is 220 g/mol. The molecule has 0 aromatic carbocycles. The van der Waals surface area contributed by atoms with Crippen LogP contribution >= 0.6 is 15.9 Å². The zero-order valence-corrected chi connectivity index (χ0v) is 9.10. The molecule has 2 atom stereocenters. The van der Waals surface area contributed by atoms with Gasteiger partial charge in [0, 0.05) is 11.4 Å². The standard InChI is InChI=1S/C9H18BrN/c1-3-5-11-6-4-9(10)8(2)7-11/h8-9H,3-7H2,1-2H3. The Bertz CT molecular complexity index is 116. The van der Waals surface area contributed by atoms with Gasteiger partial charge in [-0.25, -0.2) is 0 Å². The molecule has 0 N–H and O–H groups in total. The highest BCUT2D eigenvalue weighted by atomic mass is 79.9. The van der Waals surface area contributed by atoms with Crippen molar-refractivity contribution in [2.75, 3.05) is 19.6 Å². The summed E-state index contributed by atoms with van der Waals surface area (Å²) in [5.74, 6) is 0.829. The van der Waals surface area contributed by atoms with Crippen molar-refractivity contribution in [3.63, 3.8) is 0 Å². The summed E-state index contributed by atoms with van der Waals surface area (Å²) in [5, 5.41) is 0. The molecular formula is C9H18BrN. The van der Waals surface area contributed by atoms with Crippen LogP contribution in [-0.4, -0.2) is 29.4 Å². The molecule has 0 aromatic heterocycles. The van der Waals surface area contributed by atoms with Gasteiger partial charge in [0.15, 0.2) is 0 Å². The first-order chi connectivity index (χ1) is 5.24. The molecule has 1 saturated heterocycles. The Morgan fingerprint density at radius 1 is 1.55 bits per heavy atom. The van der Waals surface area contributed by atoms with Crippen molar-refractivity contribution in [2.24, 2.45) is 5.92 Å². The first-order valence-electron chi connectivity index (χ1n) is 4.60. The molecule has 66 valence electrons. The normalized spacial score (nSPS) is 34.1. The summed E-state index contributed by atoms with van der Waals surface area (Å²) < 4.78 is 0. The van der Waals surface area contributed by atoms with Gasteiger partial charge in [-0.15, -0.1) is 0 Å². The molecule has 0 radical (unpaired) electrons. The molecule has 1 aliphatic heterocycles. The first-order valence-corrected chi connectivity index (χ1v) is 5.52. The lowest BCUT2D eigenvalue weighted by molar-refractivity contribution is 0.191. The third-order valence-corrected chi connectivity index (χ3v) is 3.78. The fourth-order valence-corrected chi connectivity index (χ4v) is 2.09. The van der Waals surface area contributed by atoms with Gasteiger partial charge in [-0.1, -0.05) is 29.8 Å². The number of nitrogens with zero attached hydrogens (tertiary/aromatic N) is 1. The maximum Gasteiger partial charge on any atom is 0.0195 e. The summed E-state index contributed by atoms with van der Waals surface area (Å²) in [6, 6.07) is 0. The van der Waals surface area contributed by atoms with E-state index >= 15 is 0 Å². The van der Waals surface area contributed by atoms with E-state index in [2.05, 4.69) is 34.7 Å². The maximum atomic E-state index is 3.71. The topological polar surface area (TPSA) is 3.24 Å². The molecular weight excluding hydrogens is 202 g/mol. The third kappa shape index (κ3) is 2.75. The largest absolute Gasteiger partial charge is 0.303 e. The number of rotatable bonds is 2. The molecule has 1 heterocycles. The van der Waals surface area contributed by atoms with Crippen LogP contribution in [0.25, 0.3) is 0 Å². The molecule has 2 unspecified atom stereocenters. The van der Waals surface area contributed by atoms with Crippen LogP contribution in [0.3, 0.4) is 0 Å². The van der Waals surface area contributed by atoms with Crippen LogP contribution in [0.15, 0.2) is 0 Å². The Labute approximate surface area is 78.3 Å². The third-order valence-electron chi connectivity index (χ3n) is 2.42. The zero-order chi connectivity index (χ0) is 8.27. The van der Waals surface area contributed by atoms with E-state index in [4.69, 9.17) is 0 Å². The monoisotopic (exact) mass is 219 g/mol. The minimum absolute atomic E-state index is 0.760. The van der Waals surface area contributed by atoms with Crippen LogP contribution in [0.1, 0.15) is 26.7 Å². The van der Waals surface area contributed by atoms with Crippen LogP contribution in [0.5, 0.6) is 0 Å². The van der Waals surface area contributed by atoms with E-state index in [0.717, 1.165) is 10.7 Å². The zero-order valence-electron chi connectivity index (χ0n) is 7.52. The van der Waals surface area contributed by atoms with E-state index in [-0.39, 0.29) is 0 Å². The Morgan fingerprint density at radius 3 is 2.82 bits per heavy atom. The summed E-state index contributed by atoms with van der Waals surface area (Å²) in [6.07, 6.45) is 2.61. The number of halogens is 1. The second kappa shape index (κ2) is 4.46. The van der Waals surface area contributed by atoms with Crippen molar-refractivity contribution in [2.45, 2.75) is 31.5 Å². The van der Waals surface area contributed by atoms with Gasteiger partial charge in [-0.05, 0) is 31.8 Å². The van der Waals surface area contributed by atoms with Gasteiger partial charge in [-0.3, -0.25) is 0 Å². The second-order valence-corrected chi connectivity index (χ2v) is 4.76. The molecule has 0 aliphatic carbocycles. The van der Waals surface area contributed by atoms with Crippen LogP contribution in [-0.2, 0) is 0 Å². The quantitative estimate of drug-likeness (QED) is 0.646. The van der Waals surface area contributed by atoms with E-state index in [9.17, 15) is 0 Å². The first kappa shape index (κ1) is 9.53. The molecule has 0 spiro atoms. The van der Waals surface area contributed by atoms with Crippen LogP contribution in [0.4, 0.5) is 0 Å². The van der Waals surface area contributed by atoms with Crippen LogP contribution in [0.2, 0.25) is 0 Å². The fourth-order valence-electron chi connectivity index (χ4n) is 1.72. The van der Waals surface area contributed by atoms with Crippen molar-refractivity contribution in [1.82, 2.24) is 4.90 Å². The molecule has 0 saturated carbocycles. The number of hydrogen-bond acceptors (Lipinski definition) is 1. The molecule has 11 heavy (non-hydrogen) atoms. The van der Waals surface area contributed by atoms with E-state index in [1.807, 2.05) is 0 Å². The highest BCUT2D eigenvalue weighted by Gasteiger charge is 2.22. The number of likely N-dealkylation sites (tertiary alicyclic amines) is 1. The number of piperidine rings is 1. The molecule has 1 rings (SSSR count). The molecule has 1 fully saturated rings. The predicted molar refractivity (Wildman–Crippen MR) is 53.2 cm³/mol. The van der Waals surface area contributed by atoms with Crippen molar-refractivity contribution >= 4 is 15.9 Å². The van der Waals surface area contributed by atoms with Crippen molar-refractivity contribution in [1.29, 1.82) is 0 Å². The summed E-state index contributed by atoms with van der Waals surface area (Å²) in [7, 11) is 0. The van der Waals surface area contributed by atoms with Gasteiger partial charge in [0.1, 0.15) is 0 Å². The van der Waals surface area contributed by atoms with E-state index < -0.39 is 0 Å². The average Bonchev–Trinajstić information content (AvgIpc) is 1.98.